The van der Waals surface area contributed by atoms with E-state index in [9.17, 15) is 4.79 Å². The van der Waals surface area contributed by atoms with E-state index in [1.54, 1.807) is 0 Å². The van der Waals surface area contributed by atoms with Gasteiger partial charge in [-0.15, -0.1) is 0 Å². The first-order chi connectivity index (χ1) is 8.20. The molecule has 1 aromatic rings. The molecule has 0 spiro atoms. The SMILES string of the molecule is C=C(CC)C[C@@H]1C=C(c2ccccc2)C(=O)O1. The summed E-state index contributed by atoms with van der Waals surface area (Å²) >= 11 is 0. The van der Waals surface area contributed by atoms with E-state index in [4.69, 9.17) is 4.74 Å². The van der Waals surface area contributed by atoms with Crippen molar-refractivity contribution in [1.29, 1.82) is 0 Å². The molecule has 1 atom stereocenters. The van der Waals surface area contributed by atoms with Gasteiger partial charge in [0.15, 0.2) is 0 Å². The van der Waals surface area contributed by atoms with E-state index in [1.165, 1.54) is 0 Å². The summed E-state index contributed by atoms with van der Waals surface area (Å²) in [6.45, 7) is 6.00. The number of cyclic esters (lactones) is 1. The molecule has 0 unspecified atom stereocenters. The van der Waals surface area contributed by atoms with Gasteiger partial charge in [0, 0.05) is 6.42 Å². The van der Waals surface area contributed by atoms with Crippen molar-refractivity contribution in [2.24, 2.45) is 0 Å². The van der Waals surface area contributed by atoms with Crippen molar-refractivity contribution < 1.29 is 9.53 Å². The molecule has 0 aromatic heterocycles. The molecule has 1 heterocycles. The van der Waals surface area contributed by atoms with Crippen molar-refractivity contribution >= 4 is 11.5 Å². The molecule has 1 aliphatic heterocycles. The van der Waals surface area contributed by atoms with Gasteiger partial charge in [-0.2, -0.15) is 0 Å². The number of carbonyl (C=O) groups is 1. The van der Waals surface area contributed by atoms with Gasteiger partial charge in [-0.3, -0.25) is 0 Å². The Hall–Kier alpha value is -1.83. The Bertz CT molecular complexity index is 457. The summed E-state index contributed by atoms with van der Waals surface area (Å²) in [4.78, 5) is 11.7. The number of ether oxygens (including phenoxy) is 1. The van der Waals surface area contributed by atoms with Gasteiger partial charge in [0.25, 0.3) is 0 Å². The van der Waals surface area contributed by atoms with Crippen LogP contribution in [0.2, 0.25) is 0 Å². The zero-order chi connectivity index (χ0) is 12.3. The van der Waals surface area contributed by atoms with Gasteiger partial charge in [0.05, 0.1) is 5.57 Å². The van der Waals surface area contributed by atoms with E-state index < -0.39 is 0 Å². The van der Waals surface area contributed by atoms with E-state index in [0.717, 1.165) is 24.0 Å². The highest BCUT2D eigenvalue weighted by atomic mass is 16.5. The Morgan fingerprint density at radius 1 is 1.35 bits per heavy atom. The van der Waals surface area contributed by atoms with Gasteiger partial charge in [-0.05, 0) is 18.1 Å². The molecule has 2 rings (SSSR count). The Balaban J connectivity index is 2.16. The lowest BCUT2D eigenvalue weighted by Crippen LogP contribution is -2.08. The lowest BCUT2D eigenvalue weighted by molar-refractivity contribution is -0.137. The second kappa shape index (κ2) is 5.00. The minimum absolute atomic E-state index is 0.148. The predicted molar refractivity (Wildman–Crippen MR) is 68.3 cm³/mol. The molecule has 2 nitrogen and oxygen atoms in total. The molecule has 0 N–H and O–H groups in total. The summed E-state index contributed by atoms with van der Waals surface area (Å²) in [5, 5.41) is 0. The highest BCUT2D eigenvalue weighted by molar-refractivity contribution is 6.18. The first kappa shape index (κ1) is 11.6. The van der Waals surface area contributed by atoms with Crippen LogP contribution in [0.4, 0.5) is 0 Å². The van der Waals surface area contributed by atoms with Crippen molar-refractivity contribution in [1.82, 2.24) is 0 Å². The summed E-state index contributed by atoms with van der Waals surface area (Å²) in [7, 11) is 0. The first-order valence-electron chi connectivity index (χ1n) is 5.85. The van der Waals surface area contributed by atoms with Crippen LogP contribution in [0.15, 0.2) is 48.6 Å². The number of esters is 1. The fraction of sp³-hybridized carbons (Fsp3) is 0.267. The van der Waals surface area contributed by atoms with Gasteiger partial charge < -0.3 is 4.74 Å². The number of rotatable bonds is 4. The average molecular weight is 228 g/mol. The molecule has 1 aromatic carbocycles. The lowest BCUT2D eigenvalue weighted by atomic mass is 10.0. The topological polar surface area (TPSA) is 26.3 Å². The van der Waals surface area contributed by atoms with Crippen molar-refractivity contribution in [3.8, 4) is 0 Å². The summed E-state index contributed by atoms with van der Waals surface area (Å²) in [6, 6.07) is 9.61. The zero-order valence-electron chi connectivity index (χ0n) is 9.98. The van der Waals surface area contributed by atoms with E-state index in [2.05, 4.69) is 13.5 Å². The molecule has 0 radical (unpaired) electrons. The molecule has 88 valence electrons. The summed E-state index contributed by atoms with van der Waals surface area (Å²) in [5.74, 6) is -0.231. The van der Waals surface area contributed by atoms with Crippen LogP contribution in [0.5, 0.6) is 0 Å². The molecular weight excluding hydrogens is 212 g/mol. The van der Waals surface area contributed by atoms with E-state index in [0.29, 0.717) is 5.57 Å². The third kappa shape index (κ3) is 2.64. The van der Waals surface area contributed by atoms with Crippen LogP contribution in [0, 0.1) is 0 Å². The fourth-order valence-electron chi connectivity index (χ4n) is 1.85. The fourth-order valence-corrected chi connectivity index (χ4v) is 1.85. The Kier molecular flexibility index (Phi) is 3.43. The second-order valence-electron chi connectivity index (χ2n) is 4.20. The third-order valence-corrected chi connectivity index (χ3v) is 2.91. The van der Waals surface area contributed by atoms with Crippen molar-refractivity contribution in [3.63, 3.8) is 0 Å². The Morgan fingerprint density at radius 3 is 2.71 bits per heavy atom. The van der Waals surface area contributed by atoms with Gasteiger partial charge in [0.2, 0.25) is 0 Å². The Morgan fingerprint density at radius 2 is 2.06 bits per heavy atom. The van der Waals surface area contributed by atoms with Crippen LogP contribution < -0.4 is 0 Å². The smallest absolute Gasteiger partial charge is 0.339 e. The lowest BCUT2D eigenvalue weighted by Gasteiger charge is -2.08. The molecule has 17 heavy (non-hydrogen) atoms. The standard InChI is InChI=1S/C15H16O2/c1-3-11(2)9-13-10-14(15(16)17-13)12-7-5-4-6-8-12/h4-8,10,13H,2-3,9H2,1H3/t13-/m1/s1. The molecule has 0 bridgehead atoms. The predicted octanol–water partition coefficient (Wildman–Crippen LogP) is 3.35. The average Bonchev–Trinajstić information content (AvgIpc) is 2.71. The van der Waals surface area contributed by atoms with Gasteiger partial charge in [-0.25, -0.2) is 4.79 Å². The zero-order valence-corrected chi connectivity index (χ0v) is 9.98. The molecule has 2 heteroatoms. The second-order valence-corrected chi connectivity index (χ2v) is 4.20. The van der Waals surface area contributed by atoms with Crippen molar-refractivity contribution in [2.45, 2.75) is 25.9 Å². The molecule has 1 aliphatic rings. The number of carbonyl (C=O) groups excluding carboxylic acids is 1. The first-order valence-corrected chi connectivity index (χ1v) is 5.85. The van der Waals surface area contributed by atoms with Gasteiger partial charge in [-0.1, -0.05) is 49.4 Å². The summed E-state index contributed by atoms with van der Waals surface area (Å²) in [6.07, 6.45) is 3.39. The van der Waals surface area contributed by atoms with Crippen LogP contribution in [-0.2, 0) is 9.53 Å². The van der Waals surface area contributed by atoms with E-state index in [-0.39, 0.29) is 12.1 Å². The maximum absolute atomic E-state index is 11.7. The van der Waals surface area contributed by atoms with Gasteiger partial charge in [0.1, 0.15) is 6.10 Å². The largest absolute Gasteiger partial charge is 0.454 e. The van der Waals surface area contributed by atoms with Gasteiger partial charge >= 0.3 is 5.97 Å². The maximum Gasteiger partial charge on any atom is 0.339 e. The third-order valence-electron chi connectivity index (χ3n) is 2.91. The number of benzene rings is 1. The molecule has 0 saturated carbocycles. The molecular formula is C15H16O2. The van der Waals surface area contributed by atoms with Crippen LogP contribution in [-0.4, -0.2) is 12.1 Å². The Labute approximate surface area is 102 Å². The van der Waals surface area contributed by atoms with Crippen LogP contribution in [0.3, 0.4) is 0 Å². The molecule has 0 amide bonds. The number of hydrogen-bond donors (Lipinski definition) is 0. The van der Waals surface area contributed by atoms with Crippen molar-refractivity contribution in [2.75, 3.05) is 0 Å². The van der Waals surface area contributed by atoms with Crippen LogP contribution in [0.1, 0.15) is 25.3 Å². The maximum atomic E-state index is 11.7. The highest BCUT2D eigenvalue weighted by Crippen LogP contribution is 2.26. The van der Waals surface area contributed by atoms with Crippen molar-refractivity contribution in [3.05, 3.63) is 54.1 Å². The van der Waals surface area contributed by atoms with E-state index in [1.807, 2.05) is 36.4 Å². The monoisotopic (exact) mass is 228 g/mol. The van der Waals surface area contributed by atoms with E-state index >= 15 is 0 Å². The number of hydrogen-bond acceptors (Lipinski definition) is 2. The molecule has 0 saturated heterocycles. The molecule has 0 aliphatic carbocycles. The normalized spacial score (nSPS) is 18.8. The van der Waals surface area contributed by atoms with Crippen LogP contribution in [0.25, 0.3) is 5.57 Å². The van der Waals surface area contributed by atoms with Crippen LogP contribution >= 0.6 is 0 Å². The highest BCUT2D eigenvalue weighted by Gasteiger charge is 2.26. The summed E-state index contributed by atoms with van der Waals surface area (Å²) < 4.78 is 5.31. The summed E-state index contributed by atoms with van der Waals surface area (Å²) in [5.41, 5.74) is 2.69. The quantitative estimate of drug-likeness (QED) is 0.583. The minimum Gasteiger partial charge on any atom is -0.454 e. The minimum atomic E-state index is -0.231. The molecule has 0 fully saturated rings.